The third-order valence-corrected chi connectivity index (χ3v) is 3.53. The zero-order chi connectivity index (χ0) is 12.4. The molecule has 0 aromatic carbocycles. The summed E-state index contributed by atoms with van der Waals surface area (Å²) in [4.78, 5) is 26.5. The second-order valence-corrected chi connectivity index (χ2v) is 4.82. The van der Waals surface area contributed by atoms with E-state index < -0.39 is 12.0 Å². The molecule has 3 N–H and O–H groups in total. The van der Waals surface area contributed by atoms with Gasteiger partial charge in [0.2, 0.25) is 0 Å². The summed E-state index contributed by atoms with van der Waals surface area (Å²) >= 11 is 0. The molecular weight excluding hydrogens is 222 g/mol. The Kier molecular flexibility index (Phi) is 3.51. The fourth-order valence-electron chi connectivity index (χ4n) is 2.56. The number of carbonyl (C=O) groups is 2. The summed E-state index contributed by atoms with van der Waals surface area (Å²) in [7, 11) is 0. The van der Waals surface area contributed by atoms with Crippen LogP contribution in [0.4, 0.5) is 4.79 Å². The number of nitrogens with two attached hydrogens (primary N) is 1. The van der Waals surface area contributed by atoms with Gasteiger partial charge in [0.05, 0.1) is 0 Å². The zero-order valence-corrected chi connectivity index (χ0v) is 9.84. The van der Waals surface area contributed by atoms with Crippen molar-refractivity contribution in [3.05, 3.63) is 0 Å². The summed E-state index contributed by atoms with van der Waals surface area (Å²) in [6.07, 6.45) is 3.12. The van der Waals surface area contributed by atoms with Crippen molar-refractivity contribution in [2.75, 3.05) is 19.6 Å². The SMILES string of the molecule is NC1CCN(C(=O)N2CCCCC2C(=O)O)C1. The predicted molar refractivity (Wildman–Crippen MR) is 61.5 cm³/mol. The molecule has 2 atom stereocenters. The number of carbonyl (C=O) groups excluding carboxylic acids is 1. The van der Waals surface area contributed by atoms with Gasteiger partial charge in [0.15, 0.2) is 0 Å². The maximum absolute atomic E-state index is 12.2. The van der Waals surface area contributed by atoms with E-state index >= 15 is 0 Å². The van der Waals surface area contributed by atoms with E-state index in [2.05, 4.69) is 0 Å². The van der Waals surface area contributed by atoms with Crippen molar-refractivity contribution in [3.8, 4) is 0 Å². The van der Waals surface area contributed by atoms with Crippen molar-refractivity contribution in [1.29, 1.82) is 0 Å². The van der Waals surface area contributed by atoms with Crippen LogP contribution in [0.25, 0.3) is 0 Å². The molecule has 2 saturated heterocycles. The van der Waals surface area contributed by atoms with Gasteiger partial charge in [-0.3, -0.25) is 0 Å². The zero-order valence-electron chi connectivity index (χ0n) is 9.84. The Morgan fingerprint density at radius 1 is 1.18 bits per heavy atom. The Balaban J connectivity index is 2.03. The van der Waals surface area contributed by atoms with Gasteiger partial charge in [-0.1, -0.05) is 0 Å². The highest BCUT2D eigenvalue weighted by molar-refractivity contribution is 5.83. The van der Waals surface area contributed by atoms with Gasteiger partial charge < -0.3 is 20.6 Å². The van der Waals surface area contributed by atoms with Gasteiger partial charge in [0.25, 0.3) is 0 Å². The Morgan fingerprint density at radius 3 is 2.53 bits per heavy atom. The second-order valence-electron chi connectivity index (χ2n) is 4.82. The molecule has 6 nitrogen and oxygen atoms in total. The van der Waals surface area contributed by atoms with Crippen molar-refractivity contribution in [1.82, 2.24) is 9.80 Å². The number of amides is 2. The Labute approximate surface area is 100 Å². The summed E-state index contributed by atoms with van der Waals surface area (Å²) in [5.74, 6) is -0.901. The molecule has 2 fully saturated rings. The second kappa shape index (κ2) is 4.91. The summed E-state index contributed by atoms with van der Waals surface area (Å²) in [5, 5.41) is 9.12. The average Bonchev–Trinajstić information content (AvgIpc) is 2.75. The van der Waals surface area contributed by atoms with E-state index in [4.69, 9.17) is 10.8 Å². The maximum atomic E-state index is 12.2. The number of rotatable bonds is 1. The highest BCUT2D eigenvalue weighted by Crippen LogP contribution is 2.20. The molecule has 0 aromatic heterocycles. The first-order chi connectivity index (χ1) is 8.09. The number of aliphatic carboxylic acids is 1. The van der Waals surface area contributed by atoms with E-state index in [-0.39, 0.29) is 12.1 Å². The van der Waals surface area contributed by atoms with Gasteiger partial charge in [-0.2, -0.15) is 0 Å². The standard InChI is InChI=1S/C11H19N3O3/c12-8-4-6-13(7-8)11(17)14-5-2-1-3-9(14)10(15)16/h8-9H,1-7,12H2,(H,15,16). The van der Waals surface area contributed by atoms with Crippen LogP contribution in [0.3, 0.4) is 0 Å². The minimum atomic E-state index is -0.901. The molecule has 6 heteroatoms. The number of urea groups is 1. The summed E-state index contributed by atoms with van der Waals surface area (Å²) in [5.41, 5.74) is 5.76. The van der Waals surface area contributed by atoms with Gasteiger partial charge in [-0.05, 0) is 25.7 Å². The van der Waals surface area contributed by atoms with Crippen LogP contribution in [0.2, 0.25) is 0 Å². The van der Waals surface area contributed by atoms with Crippen molar-refractivity contribution in [2.45, 2.75) is 37.8 Å². The first kappa shape index (κ1) is 12.2. The molecule has 0 bridgehead atoms. The van der Waals surface area contributed by atoms with Crippen molar-refractivity contribution < 1.29 is 14.7 Å². The molecule has 0 radical (unpaired) electrons. The lowest BCUT2D eigenvalue weighted by molar-refractivity contribution is -0.143. The molecule has 0 aliphatic carbocycles. The molecule has 2 rings (SSSR count). The van der Waals surface area contributed by atoms with Crippen LogP contribution in [0.1, 0.15) is 25.7 Å². The third kappa shape index (κ3) is 2.52. The smallest absolute Gasteiger partial charge is 0.326 e. The first-order valence-electron chi connectivity index (χ1n) is 6.13. The van der Waals surface area contributed by atoms with E-state index in [0.717, 1.165) is 19.3 Å². The maximum Gasteiger partial charge on any atom is 0.326 e. The fourth-order valence-corrected chi connectivity index (χ4v) is 2.56. The van der Waals surface area contributed by atoms with E-state index in [9.17, 15) is 9.59 Å². The highest BCUT2D eigenvalue weighted by Gasteiger charge is 2.36. The minimum Gasteiger partial charge on any atom is -0.480 e. The number of carboxylic acid groups (broad SMARTS) is 1. The van der Waals surface area contributed by atoms with Gasteiger partial charge in [0.1, 0.15) is 6.04 Å². The third-order valence-electron chi connectivity index (χ3n) is 3.53. The van der Waals surface area contributed by atoms with Gasteiger partial charge >= 0.3 is 12.0 Å². The van der Waals surface area contributed by atoms with Crippen molar-refractivity contribution in [3.63, 3.8) is 0 Å². The van der Waals surface area contributed by atoms with Crippen LogP contribution >= 0.6 is 0 Å². The quantitative estimate of drug-likeness (QED) is 0.680. The number of hydrogen-bond donors (Lipinski definition) is 2. The summed E-state index contributed by atoms with van der Waals surface area (Å²) in [6, 6.07) is -0.787. The molecular formula is C11H19N3O3. The molecule has 0 spiro atoms. The molecule has 2 heterocycles. The van der Waals surface area contributed by atoms with Gasteiger partial charge in [-0.25, -0.2) is 9.59 Å². The number of nitrogens with zero attached hydrogens (tertiary/aromatic N) is 2. The predicted octanol–water partition coefficient (Wildman–Crippen LogP) is 0.0785. The number of piperidine rings is 1. The molecule has 17 heavy (non-hydrogen) atoms. The topological polar surface area (TPSA) is 86.9 Å². The Hall–Kier alpha value is -1.30. The van der Waals surface area contributed by atoms with Gasteiger partial charge in [-0.15, -0.1) is 0 Å². The van der Waals surface area contributed by atoms with Crippen LogP contribution in [-0.2, 0) is 4.79 Å². The fraction of sp³-hybridized carbons (Fsp3) is 0.818. The van der Waals surface area contributed by atoms with Crippen LogP contribution < -0.4 is 5.73 Å². The largest absolute Gasteiger partial charge is 0.480 e. The van der Waals surface area contributed by atoms with Crippen molar-refractivity contribution >= 4 is 12.0 Å². The summed E-state index contributed by atoms with van der Waals surface area (Å²) < 4.78 is 0. The molecule has 2 aliphatic heterocycles. The van der Waals surface area contributed by atoms with E-state index in [1.165, 1.54) is 4.90 Å². The number of carboxylic acids is 1. The van der Waals surface area contributed by atoms with Crippen LogP contribution in [-0.4, -0.2) is 58.6 Å². The molecule has 0 aromatic rings. The molecule has 2 aliphatic rings. The highest BCUT2D eigenvalue weighted by atomic mass is 16.4. The van der Waals surface area contributed by atoms with E-state index in [1.807, 2.05) is 0 Å². The van der Waals surface area contributed by atoms with Crippen LogP contribution in [0.15, 0.2) is 0 Å². The van der Waals surface area contributed by atoms with Crippen LogP contribution in [0.5, 0.6) is 0 Å². The lowest BCUT2D eigenvalue weighted by Gasteiger charge is -2.35. The monoisotopic (exact) mass is 241 g/mol. The lowest BCUT2D eigenvalue weighted by atomic mass is 10.0. The Bertz CT molecular complexity index is 321. The molecule has 0 saturated carbocycles. The minimum absolute atomic E-state index is 0.0343. The van der Waals surface area contributed by atoms with Crippen molar-refractivity contribution in [2.24, 2.45) is 5.73 Å². The van der Waals surface area contributed by atoms with Gasteiger partial charge in [0, 0.05) is 25.7 Å². The molecule has 2 unspecified atom stereocenters. The summed E-state index contributed by atoms with van der Waals surface area (Å²) in [6.45, 7) is 1.73. The van der Waals surface area contributed by atoms with E-state index in [0.29, 0.717) is 26.1 Å². The van der Waals surface area contributed by atoms with Crippen LogP contribution in [0, 0.1) is 0 Å². The molecule has 96 valence electrons. The van der Waals surface area contributed by atoms with E-state index in [1.54, 1.807) is 4.90 Å². The first-order valence-corrected chi connectivity index (χ1v) is 6.13. The number of likely N-dealkylation sites (tertiary alicyclic amines) is 2. The molecule has 2 amide bonds. The Morgan fingerprint density at radius 2 is 1.94 bits per heavy atom. The lowest BCUT2D eigenvalue weighted by Crippen LogP contribution is -2.52. The average molecular weight is 241 g/mol. The normalized spacial score (nSPS) is 29.5. The number of hydrogen-bond acceptors (Lipinski definition) is 3.